The number of hydrogen-bond donors (Lipinski definition) is 1. The molecular weight excluding hydrogens is 314 g/mol. The molecule has 0 bridgehead atoms. The van der Waals surface area contributed by atoms with Gasteiger partial charge in [0.15, 0.2) is 5.76 Å². The highest BCUT2D eigenvalue weighted by Gasteiger charge is 2.54. The van der Waals surface area contributed by atoms with Gasteiger partial charge < -0.3 is 14.8 Å². The Balaban J connectivity index is 2.14. The summed E-state index contributed by atoms with van der Waals surface area (Å²) in [7, 11) is 0. The number of rotatable bonds is 3. The van der Waals surface area contributed by atoms with Crippen LogP contribution in [0.2, 0.25) is 0 Å². The summed E-state index contributed by atoms with van der Waals surface area (Å²) < 4.78 is 6.18. The lowest BCUT2D eigenvalue weighted by molar-refractivity contribution is -0.545. The maximum absolute atomic E-state index is 12.9. The Hall–Kier alpha value is -2.71. The van der Waals surface area contributed by atoms with Gasteiger partial charge >= 0.3 is 0 Å². The minimum absolute atomic E-state index is 0.144. The van der Waals surface area contributed by atoms with Gasteiger partial charge in [0.05, 0.1) is 4.92 Å². The number of furan rings is 1. The fraction of sp³-hybridized carbons (Fsp3) is 0.312. The highest BCUT2D eigenvalue weighted by atomic mass is 16.6. The van der Waals surface area contributed by atoms with Crippen molar-refractivity contribution in [2.24, 2.45) is 0 Å². The first-order valence-electron chi connectivity index (χ1n) is 7.36. The van der Waals surface area contributed by atoms with E-state index in [1.165, 1.54) is 18.2 Å². The van der Waals surface area contributed by atoms with Crippen molar-refractivity contribution in [3.63, 3.8) is 0 Å². The van der Waals surface area contributed by atoms with Crippen LogP contribution in [0.1, 0.15) is 37.1 Å². The average Bonchev–Trinajstić information content (AvgIpc) is 2.99. The van der Waals surface area contributed by atoms with Crippen LogP contribution in [0.25, 0.3) is 0 Å². The predicted octanol–water partition coefficient (Wildman–Crippen LogP) is 2.98. The summed E-state index contributed by atoms with van der Waals surface area (Å²) in [5.74, 6) is 1.00. The molecule has 1 aliphatic heterocycles. The molecule has 0 saturated heterocycles. The number of non-ortho nitro benzene ring substituents is 1. The minimum Gasteiger partial charge on any atom is -0.622 e. The Kier molecular flexibility index (Phi) is 3.66. The van der Waals surface area contributed by atoms with Crippen LogP contribution in [-0.2, 0) is 0 Å². The zero-order valence-electron chi connectivity index (χ0n) is 13.5. The number of aryl methyl sites for hydroxylation is 1. The average molecular weight is 331 g/mol. The summed E-state index contributed by atoms with van der Waals surface area (Å²) in [6.45, 7) is 5.13. The summed E-state index contributed by atoms with van der Waals surface area (Å²) >= 11 is 0. The van der Waals surface area contributed by atoms with E-state index in [1.807, 2.05) is 0 Å². The van der Waals surface area contributed by atoms with Crippen molar-refractivity contribution in [3.8, 4) is 0 Å². The molecule has 1 N–H and O–H groups in total. The molecule has 0 spiro atoms. The lowest BCUT2D eigenvalue weighted by Gasteiger charge is -2.25. The van der Waals surface area contributed by atoms with Crippen LogP contribution < -0.4 is 0 Å². The molecule has 8 heteroatoms. The van der Waals surface area contributed by atoms with Crippen LogP contribution in [0.3, 0.4) is 0 Å². The third-order valence-corrected chi connectivity index (χ3v) is 4.18. The first-order valence-corrected chi connectivity index (χ1v) is 7.36. The van der Waals surface area contributed by atoms with E-state index in [0.717, 1.165) is 5.06 Å². The Bertz CT molecular complexity index is 840. The molecule has 1 aromatic carbocycles. The standard InChI is InChI=1S/C16H17N3O5/c1-10-7-8-13(24-10)14-16(2,3)18(21)15(17(14)20)11-5-4-6-12(9-11)19(22)23/h4-9,15,21H,1-3H3. The molecule has 1 aliphatic rings. The van der Waals surface area contributed by atoms with Crippen molar-refractivity contribution in [2.75, 3.05) is 0 Å². The maximum Gasteiger partial charge on any atom is 0.270 e. The molecule has 0 aliphatic carbocycles. The molecule has 0 saturated carbocycles. The van der Waals surface area contributed by atoms with Crippen LogP contribution in [0.15, 0.2) is 40.8 Å². The van der Waals surface area contributed by atoms with Gasteiger partial charge in [-0.15, -0.1) is 5.06 Å². The fourth-order valence-electron chi connectivity index (χ4n) is 2.95. The lowest BCUT2D eigenvalue weighted by atomic mass is 9.97. The van der Waals surface area contributed by atoms with Gasteiger partial charge in [0, 0.05) is 17.7 Å². The van der Waals surface area contributed by atoms with Gasteiger partial charge in [0.1, 0.15) is 11.3 Å². The Labute approximate surface area is 137 Å². The van der Waals surface area contributed by atoms with E-state index in [0.29, 0.717) is 21.8 Å². The number of benzene rings is 1. The number of hydroxylamine groups is 3. The molecule has 1 atom stereocenters. The molecule has 8 nitrogen and oxygen atoms in total. The quantitative estimate of drug-likeness (QED) is 0.401. The van der Waals surface area contributed by atoms with Gasteiger partial charge in [0.2, 0.25) is 0 Å². The monoisotopic (exact) mass is 331 g/mol. The van der Waals surface area contributed by atoms with Crippen LogP contribution in [0.4, 0.5) is 5.69 Å². The van der Waals surface area contributed by atoms with E-state index in [4.69, 9.17) is 4.42 Å². The zero-order valence-corrected chi connectivity index (χ0v) is 13.5. The van der Waals surface area contributed by atoms with E-state index in [2.05, 4.69) is 0 Å². The Morgan fingerprint density at radius 1 is 1.33 bits per heavy atom. The van der Waals surface area contributed by atoms with Crippen molar-refractivity contribution in [2.45, 2.75) is 32.5 Å². The second kappa shape index (κ2) is 5.43. The van der Waals surface area contributed by atoms with E-state index in [-0.39, 0.29) is 11.4 Å². The molecule has 1 aromatic heterocycles. The first-order chi connectivity index (χ1) is 11.2. The van der Waals surface area contributed by atoms with Gasteiger partial charge in [-0.25, -0.2) is 0 Å². The topological polar surface area (TPSA) is 106 Å². The second-order valence-electron chi connectivity index (χ2n) is 6.21. The summed E-state index contributed by atoms with van der Waals surface area (Å²) in [5, 5.41) is 35.3. The Morgan fingerprint density at radius 2 is 2.04 bits per heavy atom. The molecule has 0 fully saturated rings. The smallest absolute Gasteiger partial charge is 0.270 e. The molecule has 0 amide bonds. The summed E-state index contributed by atoms with van der Waals surface area (Å²) in [5.41, 5.74) is -0.585. The highest BCUT2D eigenvalue weighted by Crippen LogP contribution is 2.37. The van der Waals surface area contributed by atoms with E-state index < -0.39 is 16.6 Å². The highest BCUT2D eigenvalue weighted by molar-refractivity contribution is 6.02. The van der Waals surface area contributed by atoms with Crippen LogP contribution in [-0.4, -0.2) is 31.2 Å². The van der Waals surface area contributed by atoms with Gasteiger partial charge in [-0.05, 0) is 32.9 Å². The number of nitro benzene ring substituents is 1. The van der Waals surface area contributed by atoms with Gasteiger partial charge in [-0.1, -0.05) is 12.1 Å². The van der Waals surface area contributed by atoms with Crippen molar-refractivity contribution in [3.05, 3.63) is 68.8 Å². The molecular formula is C16H17N3O5. The van der Waals surface area contributed by atoms with E-state index in [9.17, 15) is 20.5 Å². The summed E-state index contributed by atoms with van der Waals surface area (Å²) in [4.78, 5) is 10.4. The van der Waals surface area contributed by atoms with Gasteiger partial charge in [0.25, 0.3) is 17.6 Å². The Morgan fingerprint density at radius 3 is 2.62 bits per heavy atom. The largest absolute Gasteiger partial charge is 0.622 e. The maximum atomic E-state index is 12.9. The minimum atomic E-state index is -1.10. The first kappa shape index (κ1) is 16.2. The molecule has 24 heavy (non-hydrogen) atoms. The van der Waals surface area contributed by atoms with Crippen LogP contribution >= 0.6 is 0 Å². The fourth-order valence-corrected chi connectivity index (χ4v) is 2.95. The SMILES string of the molecule is Cc1ccc(C2=[N+]([O-])C(c3cccc([N+](=O)[O-])c3)N(O)C2(C)C)o1. The van der Waals surface area contributed by atoms with Crippen molar-refractivity contribution >= 4 is 11.4 Å². The third-order valence-electron chi connectivity index (χ3n) is 4.18. The van der Waals surface area contributed by atoms with Gasteiger partial charge in [-0.2, -0.15) is 4.74 Å². The lowest BCUT2D eigenvalue weighted by Crippen LogP contribution is -2.44. The van der Waals surface area contributed by atoms with Crippen LogP contribution in [0.5, 0.6) is 0 Å². The second-order valence-corrected chi connectivity index (χ2v) is 6.21. The van der Waals surface area contributed by atoms with E-state index >= 15 is 0 Å². The number of hydrogen-bond acceptors (Lipinski definition) is 6. The van der Waals surface area contributed by atoms with Crippen molar-refractivity contribution in [1.82, 2.24) is 5.06 Å². The molecule has 3 rings (SSSR count). The molecule has 0 radical (unpaired) electrons. The zero-order chi connectivity index (χ0) is 17.6. The van der Waals surface area contributed by atoms with Crippen molar-refractivity contribution < 1.29 is 19.3 Å². The third kappa shape index (κ3) is 2.36. The van der Waals surface area contributed by atoms with E-state index in [1.54, 1.807) is 39.0 Å². The predicted molar refractivity (Wildman–Crippen MR) is 84.7 cm³/mol. The number of nitro groups is 1. The summed E-state index contributed by atoms with van der Waals surface area (Å²) in [6.07, 6.45) is -1.10. The molecule has 126 valence electrons. The van der Waals surface area contributed by atoms with Crippen LogP contribution in [0, 0.1) is 22.2 Å². The molecule has 1 unspecified atom stereocenters. The number of nitrogens with zero attached hydrogens (tertiary/aromatic N) is 3. The summed E-state index contributed by atoms with van der Waals surface area (Å²) in [6, 6.07) is 9.07. The molecule has 2 heterocycles. The van der Waals surface area contributed by atoms with Gasteiger partial charge in [-0.3, -0.25) is 10.1 Å². The normalized spacial score (nSPS) is 20.6. The molecule has 2 aromatic rings. The van der Waals surface area contributed by atoms with Crippen molar-refractivity contribution in [1.29, 1.82) is 0 Å².